The summed E-state index contributed by atoms with van der Waals surface area (Å²) in [6, 6.07) is 5.50. The molecule has 0 atom stereocenters. The van der Waals surface area contributed by atoms with Gasteiger partial charge in [0.15, 0.2) is 0 Å². The second kappa shape index (κ2) is 3.72. The van der Waals surface area contributed by atoms with Crippen LogP contribution in [0, 0.1) is 17.1 Å². The fraction of sp³-hybridized carbons (Fsp3) is 0. The van der Waals surface area contributed by atoms with E-state index < -0.39 is 5.82 Å². The largest absolute Gasteiger partial charge is 0.207 e. The quantitative estimate of drug-likeness (QED) is 0.489. The molecule has 1 rings (SSSR count). The minimum Gasteiger partial charge on any atom is -0.207 e. The van der Waals surface area contributed by atoms with Gasteiger partial charge in [0.1, 0.15) is 11.9 Å². The first-order valence-corrected chi connectivity index (χ1v) is 3.46. The van der Waals surface area contributed by atoms with E-state index in [1.54, 1.807) is 6.07 Å². The predicted octanol–water partition coefficient (Wildman–Crippen LogP) is 2.43. The average Bonchev–Trinajstić information content (AvgIpc) is 2.08. The molecule has 12 heavy (non-hydrogen) atoms. The zero-order chi connectivity index (χ0) is 8.97. The van der Waals surface area contributed by atoms with E-state index in [9.17, 15) is 4.39 Å². The number of benzene rings is 1. The van der Waals surface area contributed by atoms with E-state index in [0.717, 1.165) is 6.07 Å². The first kappa shape index (κ1) is 8.54. The van der Waals surface area contributed by atoms with Crippen LogP contribution < -0.4 is 0 Å². The Hall–Kier alpha value is -1.56. The monoisotopic (exact) mass is 178 g/mol. The Bertz CT molecular complexity index is 389. The minimum absolute atomic E-state index is 0.160. The fourth-order valence-electron chi connectivity index (χ4n) is 0.744. The molecule has 0 radical (unpaired) electrons. The summed E-state index contributed by atoms with van der Waals surface area (Å²) < 4.78 is 12.5. The number of hydrogen-bond acceptors (Lipinski definition) is 3. The van der Waals surface area contributed by atoms with Crippen LogP contribution in [0.2, 0.25) is 0 Å². The van der Waals surface area contributed by atoms with Crippen LogP contribution in [0.5, 0.6) is 0 Å². The summed E-state index contributed by atoms with van der Waals surface area (Å²) in [4.78, 5) is 3.59. The summed E-state index contributed by atoms with van der Waals surface area (Å²) in [6.45, 7) is 0. The molecule has 0 amide bonds. The summed E-state index contributed by atoms with van der Waals surface area (Å²) in [5.74, 6) is -0.463. The van der Waals surface area contributed by atoms with E-state index in [1.807, 2.05) is 0 Å². The molecule has 58 valence electrons. The fourth-order valence-corrected chi connectivity index (χ4v) is 0.843. The summed E-state index contributed by atoms with van der Waals surface area (Å²) >= 11 is 4.35. The molecule has 0 fully saturated rings. The van der Waals surface area contributed by atoms with E-state index in [2.05, 4.69) is 22.4 Å². The lowest BCUT2D eigenvalue weighted by molar-refractivity contribution is 0.627. The highest BCUT2D eigenvalue weighted by molar-refractivity contribution is 7.78. The van der Waals surface area contributed by atoms with Crippen LogP contribution >= 0.6 is 12.2 Å². The van der Waals surface area contributed by atoms with Gasteiger partial charge in [0, 0.05) is 0 Å². The predicted molar refractivity (Wildman–Crippen MR) is 45.8 cm³/mol. The number of nitriles is 1. The summed E-state index contributed by atoms with van der Waals surface area (Å²) in [5.41, 5.74) is 0.501. The van der Waals surface area contributed by atoms with Crippen molar-refractivity contribution in [3.63, 3.8) is 0 Å². The Kier molecular flexibility index (Phi) is 2.65. The van der Waals surface area contributed by atoms with Crippen LogP contribution in [0.15, 0.2) is 23.2 Å². The zero-order valence-electron chi connectivity index (χ0n) is 5.91. The first-order chi connectivity index (χ1) is 5.77. The molecule has 0 saturated carbocycles. The highest BCUT2D eigenvalue weighted by Gasteiger charge is 2.00. The molecule has 0 aromatic heterocycles. The van der Waals surface area contributed by atoms with Crippen LogP contribution in [0.3, 0.4) is 0 Å². The molecule has 0 bridgehead atoms. The molecule has 0 saturated heterocycles. The lowest BCUT2D eigenvalue weighted by Gasteiger charge is -1.93. The van der Waals surface area contributed by atoms with Gasteiger partial charge in [-0.15, -0.1) is 0 Å². The topological polar surface area (TPSA) is 36.1 Å². The van der Waals surface area contributed by atoms with Gasteiger partial charge in [-0.3, -0.25) is 0 Å². The lowest BCUT2D eigenvalue weighted by Crippen LogP contribution is -1.78. The van der Waals surface area contributed by atoms with Crippen molar-refractivity contribution in [1.82, 2.24) is 0 Å². The number of nitrogens with zero attached hydrogens (tertiary/aromatic N) is 2. The van der Waals surface area contributed by atoms with Crippen LogP contribution in [0.25, 0.3) is 0 Å². The second-order valence-corrected chi connectivity index (χ2v) is 2.16. The average molecular weight is 178 g/mol. The summed E-state index contributed by atoms with van der Waals surface area (Å²) in [6.07, 6.45) is 0. The van der Waals surface area contributed by atoms with Gasteiger partial charge in [0.25, 0.3) is 0 Å². The smallest absolute Gasteiger partial charge is 0.124 e. The maximum atomic E-state index is 12.5. The summed E-state index contributed by atoms with van der Waals surface area (Å²) in [7, 11) is 0. The summed E-state index contributed by atoms with van der Waals surface area (Å²) in [5, 5.41) is 10.6. The zero-order valence-corrected chi connectivity index (χ0v) is 6.73. The van der Waals surface area contributed by atoms with Crippen molar-refractivity contribution in [3.05, 3.63) is 29.6 Å². The molecule has 0 aliphatic heterocycles. The molecular weight excluding hydrogens is 175 g/mol. The number of aliphatic imine (C=N–C) groups is 1. The van der Waals surface area contributed by atoms with E-state index in [4.69, 9.17) is 5.26 Å². The SMILES string of the molecule is N#Cc1cc(F)ccc1N=C=S. The third kappa shape index (κ3) is 1.73. The third-order valence-electron chi connectivity index (χ3n) is 1.25. The van der Waals surface area contributed by atoms with Crippen molar-refractivity contribution in [2.45, 2.75) is 0 Å². The molecule has 0 N–H and O–H groups in total. The van der Waals surface area contributed by atoms with Gasteiger partial charge in [0.2, 0.25) is 0 Å². The highest BCUT2D eigenvalue weighted by atomic mass is 32.1. The molecule has 4 heteroatoms. The van der Waals surface area contributed by atoms with Gasteiger partial charge >= 0.3 is 0 Å². The third-order valence-corrected chi connectivity index (χ3v) is 1.34. The molecule has 0 heterocycles. The van der Waals surface area contributed by atoms with Gasteiger partial charge in [-0.2, -0.15) is 10.3 Å². The number of rotatable bonds is 1. The lowest BCUT2D eigenvalue weighted by atomic mass is 10.2. The maximum absolute atomic E-state index is 12.5. The van der Waals surface area contributed by atoms with Crippen molar-refractivity contribution in [3.8, 4) is 6.07 Å². The van der Waals surface area contributed by atoms with Crippen molar-refractivity contribution in [1.29, 1.82) is 5.26 Å². The molecular formula is C8H3FN2S. The van der Waals surface area contributed by atoms with E-state index in [0.29, 0.717) is 5.69 Å². The van der Waals surface area contributed by atoms with E-state index in [1.165, 1.54) is 12.1 Å². The van der Waals surface area contributed by atoms with Crippen LogP contribution in [0.1, 0.15) is 5.56 Å². The number of isothiocyanates is 1. The highest BCUT2D eigenvalue weighted by Crippen LogP contribution is 2.18. The molecule has 0 unspecified atom stereocenters. The van der Waals surface area contributed by atoms with Crippen LogP contribution in [-0.4, -0.2) is 5.16 Å². The Morgan fingerprint density at radius 3 is 2.83 bits per heavy atom. The van der Waals surface area contributed by atoms with Gasteiger partial charge in [-0.1, -0.05) is 0 Å². The van der Waals surface area contributed by atoms with Gasteiger partial charge < -0.3 is 0 Å². The Balaban J connectivity index is 3.31. The number of hydrogen-bond donors (Lipinski definition) is 0. The van der Waals surface area contributed by atoms with Crippen LogP contribution in [-0.2, 0) is 0 Å². The molecule has 0 spiro atoms. The van der Waals surface area contributed by atoms with Gasteiger partial charge in [-0.25, -0.2) is 4.39 Å². The minimum atomic E-state index is -0.463. The van der Waals surface area contributed by atoms with Crippen molar-refractivity contribution in [2.24, 2.45) is 4.99 Å². The van der Waals surface area contributed by atoms with E-state index in [-0.39, 0.29) is 5.56 Å². The second-order valence-electron chi connectivity index (χ2n) is 1.98. The molecule has 0 aliphatic rings. The van der Waals surface area contributed by atoms with Gasteiger partial charge in [0.05, 0.1) is 16.4 Å². The first-order valence-electron chi connectivity index (χ1n) is 3.05. The van der Waals surface area contributed by atoms with Gasteiger partial charge in [-0.05, 0) is 30.4 Å². The molecule has 1 aromatic carbocycles. The van der Waals surface area contributed by atoms with Crippen molar-refractivity contribution < 1.29 is 4.39 Å². The van der Waals surface area contributed by atoms with Crippen molar-refractivity contribution in [2.75, 3.05) is 0 Å². The van der Waals surface area contributed by atoms with Crippen LogP contribution in [0.4, 0.5) is 10.1 Å². The Morgan fingerprint density at radius 2 is 2.25 bits per heavy atom. The standard InChI is InChI=1S/C8H3FN2S/c9-7-1-2-8(11-5-12)6(3-7)4-10/h1-3H. The normalized spacial score (nSPS) is 8.33. The number of thiocarbonyl (C=S) groups is 1. The maximum Gasteiger partial charge on any atom is 0.124 e. The van der Waals surface area contributed by atoms with Crippen molar-refractivity contribution >= 4 is 23.1 Å². The molecule has 1 aromatic rings. The Labute approximate surface area is 74.0 Å². The molecule has 0 aliphatic carbocycles. The van der Waals surface area contributed by atoms with E-state index >= 15 is 0 Å². The molecule has 2 nitrogen and oxygen atoms in total. The Morgan fingerprint density at radius 1 is 1.50 bits per heavy atom. The number of halogens is 1.